The molecule has 100 valence electrons. The Morgan fingerprint density at radius 3 is 2.76 bits per heavy atom. The Labute approximate surface area is 106 Å². The van der Waals surface area contributed by atoms with E-state index in [-0.39, 0.29) is 0 Å². The van der Waals surface area contributed by atoms with Crippen LogP contribution < -0.4 is 0 Å². The summed E-state index contributed by atoms with van der Waals surface area (Å²) in [6, 6.07) is 0.521. The number of nitrogens with zero attached hydrogens (tertiary/aromatic N) is 2. The quantitative estimate of drug-likeness (QED) is 0.736. The highest BCUT2D eigenvalue weighted by Crippen LogP contribution is 2.19. The third kappa shape index (κ3) is 4.66. The summed E-state index contributed by atoms with van der Waals surface area (Å²) in [5, 5.41) is 0. The van der Waals surface area contributed by atoms with Crippen LogP contribution in [0.25, 0.3) is 0 Å². The molecule has 1 unspecified atom stereocenters. The van der Waals surface area contributed by atoms with Gasteiger partial charge in [0.15, 0.2) is 0 Å². The molecule has 1 rings (SSSR count). The van der Waals surface area contributed by atoms with Crippen molar-refractivity contribution in [2.24, 2.45) is 5.92 Å². The molecule has 1 aliphatic heterocycles. The molecule has 0 aromatic rings. The molecular formula is C14H28N2O. The van der Waals surface area contributed by atoms with Gasteiger partial charge in [-0.1, -0.05) is 13.3 Å². The van der Waals surface area contributed by atoms with Crippen molar-refractivity contribution in [3.63, 3.8) is 0 Å². The second kappa shape index (κ2) is 7.00. The molecule has 0 aromatic carbocycles. The van der Waals surface area contributed by atoms with E-state index in [0.717, 1.165) is 25.6 Å². The van der Waals surface area contributed by atoms with Crippen LogP contribution in [0, 0.1) is 5.92 Å². The monoisotopic (exact) mass is 240 g/mol. The number of hydrogen-bond donors (Lipinski definition) is 0. The van der Waals surface area contributed by atoms with E-state index in [1.165, 1.54) is 19.3 Å². The number of hydrogen-bond acceptors (Lipinski definition) is 2. The Morgan fingerprint density at radius 1 is 1.47 bits per heavy atom. The normalized spacial score (nSPS) is 21.3. The molecule has 0 saturated carbocycles. The highest BCUT2D eigenvalue weighted by atomic mass is 16.2. The van der Waals surface area contributed by atoms with Gasteiger partial charge in [0.25, 0.3) is 0 Å². The van der Waals surface area contributed by atoms with Crippen LogP contribution in [0.4, 0.5) is 0 Å². The fourth-order valence-corrected chi connectivity index (χ4v) is 2.31. The van der Waals surface area contributed by atoms with Crippen molar-refractivity contribution in [1.82, 2.24) is 9.80 Å². The average Bonchev–Trinajstić information content (AvgIpc) is 2.35. The Balaban J connectivity index is 2.32. The highest BCUT2D eigenvalue weighted by Gasteiger charge is 2.22. The summed E-state index contributed by atoms with van der Waals surface area (Å²) in [5.74, 6) is 1.08. The Kier molecular flexibility index (Phi) is 5.96. The lowest BCUT2D eigenvalue weighted by molar-refractivity contribution is -0.133. The predicted molar refractivity (Wildman–Crippen MR) is 72.0 cm³/mol. The first-order chi connectivity index (χ1) is 8.04. The number of carbonyl (C=O) groups is 1. The van der Waals surface area contributed by atoms with Crippen molar-refractivity contribution < 1.29 is 4.79 Å². The zero-order valence-corrected chi connectivity index (χ0v) is 11.9. The molecule has 0 spiro atoms. The third-order valence-corrected chi connectivity index (χ3v) is 4.01. The van der Waals surface area contributed by atoms with E-state index < -0.39 is 0 Å². The van der Waals surface area contributed by atoms with Crippen LogP contribution in [0.15, 0.2) is 0 Å². The van der Waals surface area contributed by atoms with Crippen LogP contribution in [0.3, 0.4) is 0 Å². The van der Waals surface area contributed by atoms with Gasteiger partial charge in [-0.05, 0) is 39.7 Å². The van der Waals surface area contributed by atoms with Crippen molar-refractivity contribution in [1.29, 1.82) is 0 Å². The fourth-order valence-electron chi connectivity index (χ4n) is 2.31. The van der Waals surface area contributed by atoms with Crippen molar-refractivity contribution in [2.75, 3.05) is 26.7 Å². The lowest BCUT2D eigenvalue weighted by Crippen LogP contribution is -2.41. The first-order valence-corrected chi connectivity index (χ1v) is 7.02. The summed E-state index contributed by atoms with van der Waals surface area (Å²) >= 11 is 0. The summed E-state index contributed by atoms with van der Waals surface area (Å²) in [5.41, 5.74) is 0. The first kappa shape index (κ1) is 14.5. The Morgan fingerprint density at radius 2 is 2.18 bits per heavy atom. The van der Waals surface area contributed by atoms with Crippen molar-refractivity contribution in [2.45, 2.75) is 52.5 Å². The number of carbonyl (C=O) groups excluding carboxylic acids is 1. The van der Waals surface area contributed by atoms with Crippen LogP contribution in [0.5, 0.6) is 0 Å². The molecule has 0 radical (unpaired) electrons. The molecular weight excluding hydrogens is 212 g/mol. The highest BCUT2D eigenvalue weighted by molar-refractivity contribution is 5.76. The number of rotatable bonds is 5. The molecule has 0 aliphatic carbocycles. The Bertz CT molecular complexity index is 240. The molecule has 1 amide bonds. The second-order valence-electron chi connectivity index (χ2n) is 5.58. The van der Waals surface area contributed by atoms with Crippen LogP contribution in [0.2, 0.25) is 0 Å². The van der Waals surface area contributed by atoms with Gasteiger partial charge in [-0.25, -0.2) is 0 Å². The molecule has 1 heterocycles. The van der Waals surface area contributed by atoms with Crippen LogP contribution >= 0.6 is 0 Å². The largest absolute Gasteiger partial charge is 0.342 e. The van der Waals surface area contributed by atoms with E-state index >= 15 is 0 Å². The first-order valence-electron chi connectivity index (χ1n) is 7.02. The second-order valence-corrected chi connectivity index (χ2v) is 5.58. The standard InChI is InChI=1S/C14H28N2O/c1-5-13-7-6-9-16(11-13)14(17)8-10-15(4)12(2)3/h12-13H,5-11H2,1-4H3. The molecule has 0 N–H and O–H groups in total. The molecule has 1 aliphatic rings. The molecule has 0 bridgehead atoms. The zero-order valence-electron chi connectivity index (χ0n) is 11.9. The van der Waals surface area contributed by atoms with Gasteiger partial charge in [-0.2, -0.15) is 0 Å². The summed E-state index contributed by atoms with van der Waals surface area (Å²) in [6.45, 7) is 9.40. The van der Waals surface area contributed by atoms with E-state index in [4.69, 9.17) is 0 Å². The van der Waals surface area contributed by atoms with Gasteiger partial charge in [-0.3, -0.25) is 4.79 Å². The summed E-state index contributed by atoms with van der Waals surface area (Å²) < 4.78 is 0. The van der Waals surface area contributed by atoms with Crippen LogP contribution in [-0.4, -0.2) is 48.4 Å². The third-order valence-electron chi connectivity index (χ3n) is 4.01. The maximum absolute atomic E-state index is 12.1. The van der Waals surface area contributed by atoms with E-state index in [9.17, 15) is 4.79 Å². The van der Waals surface area contributed by atoms with Gasteiger partial charge in [0, 0.05) is 32.1 Å². The maximum Gasteiger partial charge on any atom is 0.223 e. The minimum atomic E-state index is 0.343. The van der Waals surface area contributed by atoms with Crippen molar-refractivity contribution in [3.05, 3.63) is 0 Å². The van der Waals surface area contributed by atoms with Gasteiger partial charge >= 0.3 is 0 Å². The minimum Gasteiger partial charge on any atom is -0.342 e. The fraction of sp³-hybridized carbons (Fsp3) is 0.929. The van der Waals surface area contributed by atoms with Gasteiger partial charge in [-0.15, -0.1) is 0 Å². The van der Waals surface area contributed by atoms with Crippen LogP contribution in [0.1, 0.15) is 46.5 Å². The van der Waals surface area contributed by atoms with Crippen LogP contribution in [-0.2, 0) is 4.79 Å². The topological polar surface area (TPSA) is 23.6 Å². The summed E-state index contributed by atoms with van der Waals surface area (Å²) in [4.78, 5) is 16.4. The van der Waals surface area contributed by atoms with Crippen molar-refractivity contribution in [3.8, 4) is 0 Å². The van der Waals surface area contributed by atoms with Gasteiger partial charge in [0.05, 0.1) is 0 Å². The van der Waals surface area contributed by atoms with Gasteiger partial charge in [0.2, 0.25) is 5.91 Å². The zero-order chi connectivity index (χ0) is 12.8. The lowest BCUT2D eigenvalue weighted by Gasteiger charge is -2.33. The SMILES string of the molecule is CCC1CCCN(C(=O)CCN(C)C(C)C)C1. The van der Waals surface area contributed by atoms with E-state index in [1.807, 2.05) is 0 Å². The molecule has 17 heavy (non-hydrogen) atoms. The molecule has 0 aromatic heterocycles. The van der Waals surface area contributed by atoms with E-state index in [0.29, 0.717) is 18.4 Å². The lowest BCUT2D eigenvalue weighted by atomic mass is 9.95. The van der Waals surface area contributed by atoms with Crippen molar-refractivity contribution >= 4 is 5.91 Å². The molecule has 3 heteroatoms. The summed E-state index contributed by atoms with van der Waals surface area (Å²) in [6.07, 6.45) is 4.36. The van der Waals surface area contributed by atoms with E-state index in [2.05, 4.69) is 37.6 Å². The van der Waals surface area contributed by atoms with Gasteiger partial charge in [0.1, 0.15) is 0 Å². The smallest absolute Gasteiger partial charge is 0.223 e. The molecule has 3 nitrogen and oxygen atoms in total. The maximum atomic E-state index is 12.1. The minimum absolute atomic E-state index is 0.343. The molecule has 1 saturated heterocycles. The predicted octanol–water partition coefficient (Wildman–Crippen LogP) is 2.37. The molecule has 1 atom stereocenters. The number of piperidine rings is 1. The van der Waals surface area contributed by atoms with E-state index in [1.54, 1.807) is 0 Å². The average molecular weight is 240 g/mol. The number of likely N-dealkylation sites (tertiary alicyclic amines) is 1. The number of amides is 1. The van der Waals surface area contributed by atoms with Gasteiger partial charge < -0.3 is 9.80 Å². The Hall–Kier alpha value is -0.570. The summed E-state index contributed by atoms with van der Waals surface area (Å²) in [7, 11) is 2.09. The molecule has 1 fully saturated rings.